The lowest BCUT2D eigenvalue weighted by molar-refractivity contribution is 0.105. The Hall–Kier alpha value is -3.20. The van der Waals surface area contributed by atoms with Crippen LogP contribution in [-0.4, -0.2) is 13.2 Å². The Morgan fingerprint density at radius 2 is 0.900 bits per heavy atom. The van der Waals surface area contributed by atoms with Crippen LogP contribution >= 0.6 is 0 Å². The summed E-state index contributed by atoms with van der Waals surface area (Å²) in [5.74, 6) is 0. The predicted molar refractivity (Wildman–Crippen MR) is 129 cm³/mol. The van der Waals surface area contributed by atoms with E-state index in [1.165, 1.54) is 15.6 Å². The smallest absolute Gasteiger partial charge is 0.178 e. The molecule has 0 spiro atoms. The number of benzene rings is 4. The normalized spacial score (nSPS) is 13.4. The third kappa shape index (κ3) is 3.34. The molecule has 1 nitrogen and oxygen atoms in total. The van der Waals surface area contributed by atoms with E-state index in [0.29, 0.717) is 0 Å². The Morgan fingerprint density at radius 3 is 1.23 bits per heavy atom. The molecule has 1 N–H and O–H groups in total. The van der Waals surface area contributed by atoms with Gasteiger partial charge in [-0.3, -0.25) is 0 Å². The van der Waals surface area contributed by atoms with Gasteiger partial charge in [-0.15, -0.1) is 0 Å². The van der Waals surface area contributed by atoms with E-state index in [2.05, 4.69) is 79.4 Å². The van der Waals surface area contributed by atoms with E-state index < -0.39 is 13.7 Å². The van der Waals surface area contributed by atoms with Crippen LogP contribution in [0, 0.1) is 0 Å². The van der Waals surface area contributed by atoms with Gasteiger partial charge in [-0.25, -0.2) is 0 Å². The highest BCUT2D eigenvalue weighted by Gasteiger charge is 2.48. The molecular formula is C28H26OSi. The van der Waals surface area contributed by atoms with Crippen molar-refractivity contribution < 1.29 is 5.11 Å². The summed E-state index contributed by atoms with van der Waals surface area (Å²) in [5, 5.41) is 16.4. The third-order valence-electron chi connectivity index (χ3n) is 6.00. The number of hydrogen-bond acceptors (Lipinski definition) is 1. The lowest BCUT2D eigenvalue weighted by Crippen LogP contribution is -2.71. The van der Waals surface area contributed by atoms with Gasteiger partial charge in [0.25, 0.3) is 0 Å². The van der Waals surface area contributed by atoms with Crippen LogP contribution in [0.5, 0.6) is 0 Å². The zero-order chi connectivity index (χ0) is 21.0. The first-order valence-corrected chi connectivity index (χ1v) is 12.2. The summed E-state index contributed by atoms with van der Waals surface area (Å²) < 4.78 is 0. The predicted octanol–water partition coefficient (Wildman–Crippen LogP) is 4.16. The van der Waals surface area contributed by atoms with Crippen molar-refractivity contribution in [3.05, 3.63) is 139 Å². The Bertz CT molecular complexity index is 1010. The molecule has 0 amide bonds. The zero-order valence-electron chi connectivity index (χ0n) is 17.2. The molecule has 0 saturated heterocycles. The molecule has 0 bridgehead atoms. The average Bonchev–Trinajstić information content (AvgIpc) is 2.82. The molecule has 1 unspecified atom stereocenters. The molecule has 0 aliphatic heterocycles. The molecule has 1 atom stereocenters. The van der Waals surface area contributed by atoms with E-state index in [1.54, 1.807) is 0 Å². The molecule has 0 saturated carbocycles. The lowest BCUT2D eigenvalue weighted by Gasteiger charge is -2.42. The lowest BCUT2D eigenvalue weighted by atomic mass is 9.96. The molecule has 0 heterocycles. The van der Waals surface area contributed by atoms with Gasteiger partial charge in [0.05, 0.1) is 0 Å². The van der Waals surface area contributed by atoms with Crippen LogP contribution in [0.4, 0.5) is 0 Å². The maximum atomic E-state index is 11.9. The van der Waals surface area contributed by atoms with Crippen molar-refractivity contribution in [2.24, 2.45) is 0 Å². The summed E-state index contributed by atoms with van der Waals surface area (Å²) in [6, 6.07) is 41.5. The van der Waals surface area contributed by atoms with Crippen molar-refractivity contribution in [1.29, 1.82) is 0 Å². The van der Waals surface area contributed by atoms with Crippen LogP contribution in [0.2, 0.25) is 0 Å². The fourth-order valence-electron chi connectivity index (χ4n) is 4.39. The van der Waals surface area contributed by atoms with Gasteiger partial charge in [0.1, 0.15) is 5.60 Å². The number of aliphatic hydroxyl groups is 1. The minimum Gasteiger partial charge on any atom is -0.381 e. The molecule has 0 aromatic heterocycles. The van der Waals surface area contributed by atoms with Crippen LogP contribution in [0.1, 0.15) is 12.5 Å². The van der Waals surface area contributed by atoms with Crippen LogP contribution < -0.4 is 15.6 Å². The van der Waals surface area contributed by atoms with Crippen LogP contribution in [0.15, 0.2) is 133 Å². The Labute approximate surface area is 180 Å². The van der Waals surface area contributed by atoms with Crippen molar-refractivity contribution in [2.45, 2.75) is 12.5 Å². The van der Waals surface area contributed by atoms with E-state index in [9.17, 15) is 5.11 Å². The van der Waals surface area contributed by atoms with Crippen molar-refractivity contribution in [3.8, 4) is 0 Å². The highest BCUT2D eigenvalue weighted by Crippen LogP contribution is 2.34. The van der Waals surface area contributed by atoms with Gasteiger partial charge < -0.3 is 5.11 Å². The highest BCUT2D eigenvalue weighted by molar-refractivity contribution is 7.16. The molecule has 0 fully saturated rings. The Morgan fingerprint density at radius 1 is 0.600 bits per heavy atom. The average molecular weight is 407 g/mol. The molecule has 0 radical (unpaired) electrons. The summed E-state index contributed by atoms with van der Waals surface area (Å²) in [6.45, 7) is 6.49. The highest BCUT2D eigenvalue weighted by atomic mass is 28.3. The molecule has 4 aromatic rings. The summed E-state index contributed by atoms with van der Waals surface area (Å²) in [6.07, 6.45) is 0. The van der Waals surface area contributed by atoms with Crippen molar-refractivity contribution in [2.75, 3.05) is 0 Å². The van der Waals surface area contributed by atoms with E-state index in [0.717, 1.165) is 10.8 Å². The number of hydrogen-bond donors (Lipinski definition) is 1. The second-order valence-electron chi connectivity index (χ2n) is 7.76. The van der Waals surface area contributed by atoms with E-state index in [-0.39, 0.29) is 0 Å². The molecule has 148 valence electrons. The minimum absolute atomic E-state index is 0.852. The van der Waals surface area contributed by atoms with Crippen molar-refractivity contribution >= 4 is 23.6 Å². The summed E-state index contributed by atoms with van der Waals surface area (Å²) in [4.78, 5) is 0. The molecular weight excluding hydrogens is 380 g/mol. The van der Waals surface area contributed by atoms with Crippen LogP contribution in [-0.2, 0) is 5.60 Å². The van der Waals surface area contributed by atoms with Crippen molar-refractivity contribution in [1.82, 2.24) is 0 Å². The first-order valence-electron chi connectivity index (χ1n) is 10.2. The topological polar surface area (TPSA) is 20.2 Å². The minimum atomic E-state index is -2.79. The molecule has 0 aliphatic rings. The maximum absolute atomic E-state index is 11.9. The van der Waals surface area contributed by atoms with Gasteiger partial charge in [0.15, 0.2) is 8.07 Å². The molecule has 30 heavy (non-hydrogen) atoms. The summed E-state index contributed by atoms with van der Waals surface area (Å²) >= 11 is 0. The Balaban J connectivity index is 2.07. The van der Waals surface area contributed by atoms with Gasteiger partial charge in [-0.1, -0.05) is 128 Å². The monoisotopic (exact) mass is 406 g/mol. The van der Waals surface area contributed by atoms with Gasteiger partial charge in [0, 0.05) is 0 Å². The fourth-order valence-corrected chi connectivity index (χ4v) is 9.39. The largest absolute Gasteiger partial charge is 0.381 e. The first-order chi connectivity index (χ1) is 14.6. The second kappa shape index (κ2) is 8.27. The van der Waals surface area contributed by atoms with Crippen LogP contribution in [0.25, 0.3) is 0 Å². The summed E-state index contributed by atoms with van der Waals surface area (Å²) in [5.41, 5.74) is -0.329. The van der Waals surface area contributed by atoms with E-state index in [4.69, 9.17) is 0 Å². The third-order valence-corrected chi connectivity index (χ3v) is 11.0. The molecule has 4 aromatic carbocycles. The van der Waals surface area contributed by atoms with Gasteiger partial charge in [-0.05, 0) is 33.2 Å². The zero-order valence-corrected chi connectivity index (χ0v) is 18.2. The van der Waals surface area contributed by atoms with Crippen LogP contribution in [0.3, 0.4) is 0 Å². The molecule has 2 heteroatoms. The molecule has 0 aliphatic carbocycles. The first kappa shape index (κ1) is 20.1. The molecule has 4 rings (SSSR count). The quantitative estimate of drug-likeness (QED) is 0.377. The van der Waals surface area contributed by atoms with E-state index >= 15 is 0 Å². The van der Waals surface area contributed by atoms with E-state index in [1.807, 2.05) is 55.5 Å². The van der Waals surface area contributed by atoms with Gasteiger partial charge >= 0.3 is 0 Å². The summed E-state index contributed by atoms with van der Waals surface area (Å²) in [7, 11) is -2.79. The SMILES string of the molecule is C=C(C(C)(O)c1ccccc1)[Si](c1ccccc1)(c1ccccc1)c1ccccc1. The maximum Gasteiger partial charge on any atom is 0.178 e. The number of rotatable bonds is 6. The van der Waals surface area contributed by atoms with Gasteiger partial charge in [-0.2, -0.15) is 0 Å². The second-order valence-corrected chi connectivity index (χ2v) is 11.6. The standard InChI is InChI=1S/C28H26OSi/c1-23(28(2,29)24-15-7-3-8-16-24)30(25-17-9-4-10-18-25,26-19-11-5-12-20-26)27-21-13-6-14-22-27/h3-22,29H,1H2,2H3. The Kier molecular flexibility index (Phi) is 5.54. The van der Waals surface area contributed by atoms with Gasteiger partial charge in [0.2, 0.25) is 0 Å². The van der Waals surface area contributed by atoms with Crippen molar-refractivity contribution in [3.63, 3.8) is 0 Å². The fraction of sp³-hybridized carbons (Fsp3) is 0.0714.